The van der Waals surface area contributed by atoms with Crippen LogP contribution in [-0.2, 0) is 4.79 Å². The number of primary amides is 1. The lowest BCUT2D eigenvalue weighted by atomic mass is 9.86. The van der Waals surface area contributed by atoms with Gasteiger partial charge in [-0.15, -0.1) is 0 Å². The molecule has 0 radical (unpaired) electrons. The van der Waals surface area contributed by atoms with Crippen molar-refractivity contribution in [1.29, 1.82) is 0 Å². The van der Waals surface area contributed by atoms with Gasteiger partial charge in [-0.3, -0.25) is 19.3 Å². The highest BCUT2D eigenvalue weighted by atomic mass is 19.3. The van der Waals surface area contributed by atoms with Crippen LogP contribution >= 0.6 is 0 Å². The minimum atomic E-state index is -3.12. The molecule has 3 aromatic rings. The number of H-pyrrole nitrogens is 1. The fourth-order valence-electron chi connectivity index (χ4n) is 4.06. The third-order valence-electron chi connectivity index (χ3n) is 6.22. The minimum absolute atomic E-state index is 0.0397. The van der Waals surface area contributed by atoms with E-state index >= 15 is 0 Å². The Labute approximate surface area is 209 Å². The number of aromatic amines is 1. The fraction of sp³-hybridized carbons (Fsp3) is 0.280. The number of anilines is 1. The Balaban J connectivity index is 1.42. The second-order valence-corrected chi connectivity index (χ2v) is 8.70. The number of alkyl halides is 2. The van der Waals surface area contributed by atoms with Crippen molar-refractivity contribution < 1.29 is 27.5 Å². The first-order valence-electron chi connectivity index (χ1n) is 11.4. The summed E-state index contributed by atoms with van der Waals surface area (Å²) in [6.07, 6.45) is 2.00. The number of rotatable bonds is 7. The molecule has 37 heavy (non-hydrogen) atoms. The number of piperidine rings is 1. The molecule has 0 bridgehead atoms. The first-order chi connectivity index (χ1) is 17.5. The zero-order valence-electron chi connectivity index (χ0n) is 19.7. The van der Waals surface area contributed by atoms with E-state index in [1.165, 1.54) is 36.5 Å². The first kappa shape index (κ1) is 25.9. The lowest BCUT2D eigenvalue weighted by Gasteiger charge is -2.40. The molecular weight excluding hydrogens is 491 g/mol. The number of ether oxygens (including phenoxy) is 1. The van der Waals surface area contributed by atoms with Crippen LogP contribution in [0.2, 0.25) is 0 Å². The molecule has 1 aliphatic heterocycles. The number of carbonyl (C=O) groups excluding carboxylic acids is 2. The molecule has 0 aliphatic carbocycles. The molecule has 0 spiro atoms. The molecule has 9 nitrogen and oxygen atoms in total. The van der Waals surface area contributed by atoms with Crippen LogP contribution in [0.4, 0.5) is 19.0 Å². The molecule has 3 heterocycles. The predicted molar refractivity (Wildman–Crippen MR) is 128 cm³/mol. The summed E-state index contributed by atoms with van der Waals surface area (Å²) < 4.78 is 48.2. The van der Waals surface area contributed by atoms with Gasteiger partial charge in [-0.1, -0.05) is 0 Å². The molecule has 1 aliphatic rings. The van der Waals surface area contributed by atoms with E-state index in [1.54, 1.807) is 17.9 Å². The normalized spacial score (nSPS) is 18.1. The SMILES string of the molecule is CC(C(=O)Nc1ccc(Oc2ccc(F)cc2)cn1)N1CCC(F)(F)[C@@H](c2c[nH]c(=O)c(C(N)=O)c2)C1. The number of benzene rings is 1. The Morgan fingerprint density at radius 1 is 1.22 bits per heavy atom. The van der Waals surface area contributed by atoms with Crippen LogP contribution in [0.5, 0.6) is 11.5 Å². The number of carbonyl (C=O) groups is 2. The number of nitrogens with zero attached hydrogens (tertiary/aromatic N) is 2. The summed E-state index contributed by atoms with van der Waals surface area (Å²) in [7, 11) is 0. The lowest BCUT2D eigenvalue weighted by Crippen LogP contribution is -2.52. The molecule has 194 valence electrons. The number of halogens is 3. The number of hydrogen-bond donors (Lipinski definition) is 3. The Bertz CT molecular complexity index is 1350. The van der Waals surface area contributed by atoms with E-state index in [4.69, 9.17) is 10.5 Å². The lowest BCUT2D eigenvalue weighted by molar-refractivity contribution is -0.125. The number of likely N-dealkylation sites (tertiary alicyclic amines) is 1. The van der Waals surface area contributed by atoms with E-state index in [9.17, 15) is 27.6 Å². The van der Waals surface area contributed by atoms with E-state index in [1.807, 2.05) is 0 Å². The highest BCUT2D eigenvalue weighted by Gasteiger charge is 2.46. The zero-order chi connectivity index (χ0) is 26.7. The summed E-state index contributed by atoms with van der Waals surface area (Å²) in [6.45, 7) is 1.36. The second-order valence-electron chi connectivity index (χ2n) is 8.70. The quantitative estimate of drug-likeness (QED) is 0.443. The van der Waals surface area contributed by atoms with Crippen LogP contribution in [0.25, 0.3) is 0 Å². The Kier molecular flexibility index (Phi) is 7.30. The second kappa shape index (κ2) is 10.4. The van der Waals surface area contributed by atoms with Crippen molar-refractivity contribution in [3.8, 4) is 11.5 Å². The molecule has 1 aromatic carbocycles. The summed E-state index contributed by atoms with van der Waals surface area (Å²) in [6, 6.07) is 8.82. The molecule has 2 atom stereocenters. The Hall–Kier alpha value is -4.19. The monoisotopic (exact) mass is 515 g/mol. The van der Waals surface area contributed by atoms with Crippen molar-refractivity contribution in [3.63, 3.8) is 0 Å². The first-order valence-corrected chi connectivity index (χ1v) is 11.4. The average Bonchev–Trinajstić information content (AvgIpc) is 2.86. The van der Waals surface area contributed by atoms with Crippen LogP contribution < -0.4 is 21.3 Å². The van der Waals surface area contributed by atoms with Gasteiger partial charge in [-0.05, 0) is 55.0 Å². The topological polar surface area (TPSA) is 130 Å². The molecule has 0 saturated carbocycles. The van der Waals surface area contributed by atoms with Crippen LogP contribution in [0.15, 0.2) is 59.7 Å². The number of pyridine rings is 2. The van der Waals surface area contributed by atoms with Gasteiger partial charge in [0.25, 0.3) is 17.4 Å². The van der Waals surface area contributed by atoms with Gasteiger partial charge in [0.05, 0.1) is 18.2 Å². The van der Waals surface area contributed by atoms with E-state index in [0.29, 0.717) is 11.5 Å². The Morgan fingerprint density at radius 2 is 1.92 bits per heavy atom. The number of nitrogens with one attached hydrogen (secondary N) is 2. The van der Waals surface area contributed by atoms with Crippen molar-refractivity contribution in [2.75, 3.05) is 18.4 Å². The molecule has 1 unspecified atom stereocenters. The van der Waals surface area contributed by atoms with Gasteiger partial charge in [0.1, 0.15) is 28.7 Å². The van der Waals surface area contributed by atoms with Crippen molar-refractivity contribution in [3.05, 3.63) is 82.2 Å². The van der Waals surface area contributed by atoms with Gasteiger partial charge in [-0.25, -0.2) is 18.2 Å². The van der Waals surface area contributed by atoms with Crippen LogP contribution in [-0.4, -0.2) is 51.7 Å². The van der Waals surface area contributed by atoms with Gasteiger partial charge in [0, 0.05) is 25.7 Å². The number of hydrogen-bond acceptors (Lipinski definition) is 6. The maximum absolute atomic E-state index is 14.8. The maximum atomic E-state index is 14.8. The van der Waals surface area contributed by atoms with Crippen LogP contribution in [0.1, 0.15) is 35.2 Å². The van der Waals surface area contributed by atoms with Crippen LogP contribution in [0.3, 0.4) is 0 Å². The molecule has 1 saturated heterocycles. The van der Waals surface area contributed by atoms with E-state index in [2.05, 4.69) is 15.3 Å². The number of aromatic nitrogens is 2. The fourth-order valence-corrected chi connectivity index (χ4v) is 4.06. The summed E-state index contributed by atoms with van der Waals surface area (Å²) in [5.74, 6) is -5.35. The molecule has 2 amide bonds. The highest BCUT2D eigenvalue weighted by Crippen LogP contribution is 2.40. The molecular formula is C25H24F3N5O4. The van der Waals surface area contributed by atoms with E-state index < -0.39 is 53.1 Å². The summed E-state index contributed by atoms with van der Waals surface area (Å²) in [5.41, 5.74) is 4.06. The molecule has 4 N–H and O–H groups in total. The largest absolute Gasteiger partial charge is 0.456 e. The van der Waals surface area contributed by atoms with Crippen molar-refractivity contribution in [2.45, 2.75) is 31.2 Å². The Morgan fingerprint density at radius 3 is 2.57 bits per heavy atom. The number of amides is 2. The van der Waals surface area contributed by atoms with Gasteiger partial charge in [-0.2, -0.15) is 0 Å². The van der Waals surface area contributed by atoms with Gasteiger partial charge < -0.3 is 20.8 Å². The zero-order valence-corrected chi connectivity index (χ0v) is 19.7. The maximum Gasteiger partial charge on any atom is 0.260 e. The third-order valence-corrected chi connectivity index (χ3v) is 6.22. The van der Waals surface area contributed by atoms with Gasteiger partial charge in [0.2, 0.25) is 5.91 Å². The standard InChI is InChI=1S/C25H24F3N5O4/c1-14(23(35)32-21-7-6-18(12-30-21)37-17-4-2-16(26)3-5-17)33-9-8-25(27,28)20(13-33)15-10-19(22(29)34)24(36)31-11-15/h2-7,10-12,14,20H,8-9,13H2,1H3,(H2,29,34)(H,31,36)(H,30,32,35)/t14?,20-/m1/s1. The third kappa shape index (κ3) is 5.97. The van der Waals surface area contributed by atoms with Crippen LogP contribution in [0, 0.1) is 5.82 Å². The van der Waals surface area contributed by atoms with E-state index in [-0.39, 0.29) is 24.5 Å². The van der Waals surface area contributed by atoms with Gasteiger partial charge in [0.15, 0.2) is 0 Å². The summed E-state index contributed by atoms with van der Waals surface area (Å²) >= 11 is 0. The predicted octanol–water partition coefficient (Wildman–Crippen LogP) is 3.25. The molecule has 1 fully saturated rings. The molecule has 2 aromatic heterocycles. The number of nitrogens with two attached hydrogens (primary N) is 1. The summed E-state index contributed by atoms with van der Waals surface area (Å²) in [5, 5.41) is 2.65. The van der Waals surface area contributed by atoms with Crippen molar-refractivity contribution in [1.82, 2.24) is 14.9 Å². The summed E-state index contributed by atoms with van der Waals surface area (Å²) in [4.78, 5) is 44.2. The average molecular weight is 515 g/mol. The highest BCUT2D eigenvalue weighted by molar-refractivity contribution is 5.94. The van der Waals surface area contributed by atoms with Crippen molar-refractivity contribution >= 4 is 17.6 Å². The minimum Gasteiger partial charge on any atom is -0.456 e. The molecule has 4 rings (SSSR count). The smallest absolute Gasteiger partial charge is 0.260 e. The van der Waals surface area contributed by atoms with Gasteiger partial charge >= 0.3 is 0 Å². The molecule has 12 heteroatoms. The van der Waals surface area contributed by atoms with E-state index in [0.717, 1.165) is 12.3 Å². The van der Waals surface area contributed by atoms with Crippen molar-refractivity contribution in [2.24, 2.45) is 5.73 Å².